The maximum Gasteiger partial charge on any atom is 0.124 e. The molecule has 0 saturated carbocycles. The van der Waals surface area contributed by atoms with Gasteiger partial charge >= 0.3 is 0 Å². The zero-order valence-corrected chi connectivity index (χ0v) is 16.9. The Hall–Kier alpha value is -1.39. The normalized spacial score (nSPS) is 19.6. The van der Waals surface area contributed by atoms with Crippen molar-refractivity contribution in [2.24, 2.45) is 5.92 Å². The highest BCUT2D eigenvalue weighted by Gasteiger charge is 2.24. The van der Waals surface area contributed by atoms with E-state index in [1.54, 1.807) is 0 Å². The van der Waals surface area contributed by atoms with Crippen LogP contribution in [0.4, 0.5) is 0 Å². The summed E-state index contributed by atoms with van der Waals surface area (Å²) in [6.07, 6.45) is 1.16. The van der Waals surface area contributed by atoms with Gasteiger partial charge in [-0.15, -0.1) is 0 Å². The van der Waals surface area contributed by atoms with Gasteiger partial charge < -0.3 is 10.3 Å². The first kappa shape index (κ1) is 18.9. The number of aromatic amines is 1. The van der Waals surface area contributed by atoms with Crippen LogP contribution >= 0.6 is 15.9 Å². The van der Waals surface area contributed by atoms with Gasteiger partial charge in [-0.2, -0.15) is 0 Å². The molecule has 1 fully saturated rings. The molecule has 0 unspecified atom stereocenters. The van der Waals surface area contributed by atoms with Gasteiger partial charge in [0.1, 0.15) is 5.82 Å². The molecule has 0 bridgehead atoms. The quantitative estimate of drug-likeness (QED) is 0.519. The summed E-state index contributed by atoms with van der Waals surface area (Å²) in [5.41, 5.74) is 2.20. The zero-order valence-electron chi connectivity index (χ0n) is 15.3. The summed E-state index contributed by atoms with van der Waals surface area (Å²) in [6, 6.07) is 11.0. The molecule has 0 amide bonds. The largest absolute Gasteiger partial charge is 0.341 e. The lowest BCUT2D eigenvalue weighted by molar-refractivity contribution is 0.589. The third-order valence-corrected chi connectivity index (χ3v) is 4.62. The molecule has 0 aliphatic carbocycles. The average Bonchev–Trinajstić information content (AvgIpc) is 3.24. The molecule has 1 saturated heterocycles. The monoisotopic (exact) mass is 389 g/mol. The van der Waals surface area contributed by atoms with Crippen LogP contribution < -0.4 is 5.32 Å². The second-order valence-corrected chi connectivity index (χ2v) is 6.67. The summed E-state index contributed by atoms with van der Waals surface area (Å²) in [5.74, 6) is 1.79. The molecule has 130 valence electrons. The molecular weight excluding hydrogens is 362 g/mol. The van der Waals surface area contributed by atoms with E-state index >= 15 is 0 Å². The van der Waals surface area contributed by atoms with Crippen LogP contribution in [0.3, 0.4) is 0 Å². The van der Waals surface area contributed by atoms with E-state index in [9.17, 15) is 0 Å². The van der Waals surface area contributed by atoms with Gasteiger partial charge in [-0.25, -0.2) is 4.98 Å². The van der Waals surface area contributed by atoms with E-state index in [4.69, 9.17) is 4.98 Å². The lowest BCUT2D eigenvalue weighted by Gasteiger charge is -2.04. The van der Waals surface area contributed by atoms with Crippen molar-refractivity contribution in [2.45, 2.75) is 47.1 Å². The number of rotatable bonds is 1. The molecule has 4 heteroatoms. The smallest absolute Gasteiger partial charge is 0.124 e. The van der Waals surface area contributed by atoms with Crippen LogP contribution in [0.2, 0.25) is 0 Å². The van der Waals surface area contributed by atoms with Gasteiger partial charge in [0, 0.05) is 9.86 Å². The number of fused-ring (bicyclic) bond motifs is 3. The standard InChI is InChI=1S/C16H16BrN3.2C2H6/c1-9-6-14(18-8-9)16-19-13-5-2-10-7-11(17)3-4-12(10)15(13)20-16;2*1-2/h2-5,7,9,14,18H,6,8H2,1H3,(H,19,20);2*1-2H3/t9-,14-;;/m0../s1. The second-order valence-electron chi connectivity index (χ2n) is 5.75. The van der Waals surface area contributed by atoms with E-state index in [0.717, 1.165) is 40.2 Å². The fourth-order valence-corrected chi connectivity index (χ4v) is 3.46. The minimum atomic E-state index is 0.364. The Kier molecular flexibility index (Phi) is 6.81. The van der Waals surface area contributed by atoms with Crippen molar-refractivity contribution in [1.29, 1.82) is 0 Å². The van der Waals surface area contributed by atoms with Crippen molar-refractivity contribution in [3.8, 4) is 0 Å². The predicted octanol–water partition coefficient (Wildman–Crippen LogP) is 6.20. The first-order valence-electron chi connectivity index (χ1n) is 9.02. The van der Waals surface area contributed by atoms with Crippen LogP contribution in [-0.2, 0) is 0 Å². The Morgan fingerprint density at radius 1 is 1.08 bits per heavy atom. The number of hydrogen-bond donors (Lipinski definition) is 2. The van der Waals surface area contributed by atoms with E-state index < -0.39 is 0 Å². The highest BCUT2D eigenvalue weighted by Crippen LogP contribution is 2.30. The lowest BCUT2D eigenvalue weighted by atomic mass is 10.1. The van der Waals surface area contributed by atoms with Crippen LogP contribution in [0.15, 0.2) is 34.8 Å². The maximum atomic E-state index is 4.85. The zero-order chi connectivity index (χ0) is 17.7. The Morgan fingerprint density at radius 3 is 2.50 bits per heavy atom. The van der Waals surface area contributed by atoms with Crippen molar-refractivity contribution in [3.05, 3.63) is 40.6 Å². The number of halogens is 1. The molecule has 1 aromatic heterocycles. The molecule has 0 spiro atoms. The molecule has 0 radical (unpaired) electrons. The Balaban J connectivity index is 0.000000487. The molecule has 2 atom stereocenters. The van der Waals surface area contributed by atoms with Gasteiger partial charge in [0.25, 0.3) is 0 Å². The van der Waals surface area contributed by atoms with Crippen molar-refractivity contribution in [1.82, 2.24) is 15.3 Å². The summed E-state index contributed by atoms with van der Waals surface area (Å²) in [4.78, 5) is 8.33. The van der Waals surface area contributed by atoms with Gasteiger partial charge in [-0.1, -0.05) is 62.7 Å². The van der Waals surface area contributed by atoms with E-state index in [0.29, 0.717) is 6.04 Å². The van der Waals surface area contributed by atoms with Crippen molar-refractivity contribution >= 4 is 37.7 Å². The Labute approximate surface area is 153 Å². The number of benzene rings is 2. The fraction of sp³-hybridized carbons (Fsp3) is 0.450. The van der Waals surface area contributed by atoms with Gasteiger partial charge in [-0.05, 0) is 42.5 Å². The molecule has 1 aliphatic heterocycles. The van der Waals surface area contributed by atoms with E-state index in [-0.39, 0.29) is 0 Å². The summed E-state index contributed by atoms with van der Waals surface area (Å²) >= 11 is 3.52. The summed E-state index contributed by atoms with van der Waals surface area (Å²) < 4.78 is 1.10. The second kappa shape index (κ2) is 8.63. The lowest BCUT2D eigenvalue weighted by Crippen LogP contribution is -2.14. The Morgan fingerprint density at radius 2 is 1.83 bits per heavy atom. The van der Waals surface area contributed by atoms with Crippen LogP contribution in [-0.4, -0.2) is 16.5 Å². The van der Waals surface area contributed by atoms with Crippen LogP contribution in [0.1, 0.15) is 52.9 Å². The van der Waals surface area contributed by atoms with E-state index in [1.165, 1.54) is 10.8 Å². The van der Waals surface area contributed by atoms with Crippen molar-refractivity contribution in [3.63, 3.8) is 0 Å². The first-order chi connectivity index (χ1) is 11.7. The summed E-state index contributed by atoms with van der Waals surface area (Å²) in [5, 5.41) is 5.97. The van der Waals surface area contributed by atoms with Crippen LogP contribution in [0.5, 0.6) is 0 Å². The number of nitrogens with one attached hydrogen (secondary N) is 2. The van der Waals surface area contributed by atoms with Crippen LogP contribution in [0.25, 0.3) is 21.8 Å². The number of imidazole rings is 1. The number of hydrogen-bond acceptors (Lipinski definition) is 2. The minimum Gasteiger partial charge on any atom is -0.341 e. The van der Waals surface area contributed by atoms with E-state index in [1.807, 2.05) is 27.7 Å². The maximum absolute atomic E-state index is 4.85. The molecule has 3 nitrogen and oxygen atoms in total. The fourth-order valence-electron chi connectivity index (χ4n) is 3.08. The molecular formula is C20H28BrN3. The van der Waals surface area contributed by atoms with Crippen LogP contribution in [0, 0.1) is 5.92 Å². The van der Waals surface area contributed by atoms with Gasteiger partial charge in [0.05, 0.1) is 17.1 Å². The SMILES string of the molecule is CC.CC.C[C@@H]1CN[C@H](c2nc3c(ccc4cc(Br)ccc43)[nH]2)C1. The summed E-state index contributed by atoms with van der Waals surface area (Å²) in [6.45, 7) is 11.4. The third-order valence-electron chi connectivity index (χ3n) is 4.13. The van der Waals surface area contributed by atoms with Crippen molar-refractivity contribution < 1.29 is 0 Å². The van der Waals surface area contributed by atoms with Gasteiger partial charge in [0.15, 0.2) is 0 Å². The molecule has 1 aliphatic rings. The summed E-state index contributed by atoms with van der Waals surface area (Å²) in [7, 11) is 0. The Bertz CT molecular complexity index is 794. The molecule has 2 aromatic carbocycles. The average molecular weight is 390 g/mol. The number of H-pyrrole nitrogens is 1. The topological polar surface area (TPSA) is 40.7 Å². The molecule has 24 heavy (non-hydrogen) atoms. The third kappa shape index (κ3) is 3.81. The predicted molar refractivity (Wildman–Crippen MR) is 109 cm³/mol. The van der Waals surface area contributed by atoms with Gasteiger partial charge in [0.2, 0.25) is 0 Å². The molecule has 2 heterocycles. The van der Waals surface area contributed by atoms with E-state index in [2.05, 4.69) is 63.5 Å². The number of nitrogens with zero attached hydrogens (tertiary/aromatic N) is 1. The minimum absolute atomic E-state index is 0.364. The molecule has 3 aromatic rings. The molecule has 2 N–H and O–H groups in total. The highest BCUT2D eigenvalue weighted by atomic mass is 79.9. The molecule has 4 rings (SSSR count). The first-order valence-corrected chi connectivity index (χ1v) is 9.81. The van der Waals surface area contributed by atoms with Crippen molar-refractivity contribution in [2.75, 3.05) is 6.54 Å². The van der Waals surface area contributed by atoms with Gasteiger partial charge in [-0.3, -0.25) is 0 Å². The highest BCUT2D eigenvalue weighted by molar-refractivity contribution is 9.10. The number of aromatic nitrogens is 2.